The van der Waals surface area contributed by atoms with Crippen molar-refractivity contribution in [1.29, 1.82) is 5.26 Å². The summed E-state index contributed by atoms with van der Waals surface area (Å²) in [7, 11) is 0. The SMILES string of the molecule is CCc1c(C(=O)O)c(C=O)n(Cc2ccccc2)c1-c1ccccc1C#N. The van der Waals surface area contributed by atoms with E-state index in [0.717, 1.165) is 5.56 Å². The fourth-order valence-electron chi connectivity index (χ4n) is 3.42. The second kappa shape index (κ2) is 7.71. The Balaban J connectivity index is 2.38. The van der Waals surface area contributed by atoms with E-state index in [2.05, 4.69) is 6.07 Å². The number of hydrogen-bond acceptors (Lipinski definition) is 3. The average Bonchev–Trinajstić information content (AvgIpc) is 3.01. The van der Waals surface area contributed by atoms with E-state index in [0.29, 0.717) is 41.6 Å². The van der Waals surface area contributed by atoms with Gasteiger partial charge < -0.3 is 9.67 Å². The van der Waals surface area contributed by atoms with Crippen LogP contribution in [0.4, 0.5) is 0 Å². The van der Waals surface area contributed by atoms with Crippen LogP contribution in [0.5, 0.6) is 0 Å². The van der Waals surface area contributed by atoms with Crippen molar-refractivity contribution in [2.75, 3.05) is 0 Å². The van der Waals surface area contributed by atoms with Gasteiger partial charge in [0.1, 0.15) is 0 Å². The molecule has 3 rings (SSSR count). The van der Waals surface area contributed by atoms with Gasteiger partial charge >= 0.3 is 5.97 Å². The van der Waals surface area contributed by atoms with Gasteiger partial charge in [0.2, 0.25) is 0 Å². The summed E-state index contributed by atoms with van der Waals surface area (Å²) in [4.78, 5) is 23.8. The number of benzene rings is 2. The summed E-state index contributed by atoms with van der Waals surface area (Å²) in [5, 5.41) is 19.3. The molecule has 1 aromatic heterocycles. The van der Waals surface area contributed by atoms with Crippen molar-refractivity contribution in [2.45, 2.75) is 19.9 Å². The molecule has 5 heteroatoms. The lowest BCUT2D eigenvalue weighted by Crippen LogP contribution is -2.08. The molecule has 3 aromatic rings. The van der Waals surface area contributed by atoms with Crippen LogP contribution in [0.15, 0.2) is 54.6 Å². The van der Waals surface area contributed by atoms with Gasteiger partial charge in [0.05, 0.1) is 28.6 Å². The predicted octanol–water partition coefficient (Wildman–Crippen LogP) is 4.15. The van der Waals surface area contributed by atoms with Crippen LogP contribution in [-0.4, -0.2) is 21.9 Å². The van der Waals surface area contributed by atoms with E-state index in [9.17, 15) is 20.0 Å². The quantitative estimate of drug-likeness (QED) is 0.671. The summed E-state index contributed by atoms with van der Waals surface area (Å²) in [6, 6.07) is 18.7. The van der Waals surface area contributed by atoms with Gasteiger partial charge in [-0.25, -0.2) is 4.79 Å². The van der Waals surface area contributed by atoms with Gasteiger partial charge in [-0.1, -0.05) is 55.5 Å². The normalized spacial score (nSPS) is 10.4. The number of carbonyl (C=O) groups excluding carboxylic acids is 1. The van der Waals surface area contributed by atoms with Crippen LogP contribution < -0.4 is 0 Å². The van der Waals surface area contributed by atoms with Crippen LogP contribution in [0.1, 0.15) is 44.5 Å². The molecule has 0 saturated carbocycles. The maximum Gasteiger partial charge on any atom is 0.338 e. The smallest absolute Gasteiger partial charge is 0.338 e. The molecule has 0 fully saturated rings. The van der Waals surface area contributed by atoms with E-state index in [-0.39, 0.29) is 11.3 Å². The molecular weight excluding hydrogens is 340 g/mol. The number of aromatic carboxylic acids is 1. The zero-order chi connectivity index (χ0) is 19.4. The van der Waals surface area contributed by atoms with Gasteiger partial charge in [-0.05, 0) is 23.6 Å². The highest BCUT2D eigenvalue weighted by Crippen LogP contribution is 2.34. The van der Waals surface area contributed by atoms with Crippen molar-refractivity contribution in [3.05, 3.63) is 82.5 Å². The van der Waals surface area contributed by atoms with Crippen LogP contribution in [-0.2, 0) is 13.0 Å². The lowest BCUT2D eigenvalue weighted by molar-refractivity contribution is 0.0692. The van der Waals surface area contributed by atoms with Gasteiger partial charge in [-0.2, -0.15) is 5.26 Å². The largest absolute Gasteiger partial charge is 0.478 e. The first-order valence-corrected chi connectivity index (χ1v) is 8.59. The molecular formula is C22H18N2O3. The van der Waals surface area contributed by atoms with Crippen molar-refractivity contribution in [3.8, 4) is 17.3 Å². The molecule has 0 atom stereocenters. The molecule has 1 heterocycles. The zero-order valence-corrected chi connectivity index (χ0v) is 14.8. The minimum absolute atomic E-state index is 0.00572. The van der Waals surface area contributed by atoms with Crippen molar-refractivity contribution in [2.24, 2.45) is 0 Å². The highest BCUT2D eigenvalue weighted by Gasteiger charge is 2.27. The molecule has 1 N–H and O–H groups in total. The number of aldehydes is 1. The van der Waals surface area contributed by atoms with Gasteiger partial charge in [0, 0.05) is 12.1 Å². The van der Waals surface area contributed by atoms with Crippen LogP contribution in [0.3, 0.4) is 0 Å². The number of nitriles is 1. The van der Waals surface area contributed by atoms with Crippen LogP contribution in [0.2, 0.25) is 0 Å². The average molecular weight is 358 g/mol. The summed E-state index contributed by atoms with van der Waals surface area (Å²) in [5.41, 5.74) is 3.29. The number of hydrogen-bond donors (Lipinski definition) is 1. The second-order valence-corrected chi connectivity index (χ2v) is 6.09. The Morgan fingerprint density at radius 2 is 1.81 bits per heavy atom. The van der Waals surface area contributed by atoms with Crippen LogP contribution in [0, 0.1) is 11.3 Å². The number of carbonyl (C=O) groups is 2. The Bertz CT molecular complexity index is 1040. The maximum atomic E-state index is 11.9. The standard InChI is InChI=1S/C22H18N2O3/c1-2-17-20(22(26)27)19(14-25)24(13-15-8-4-3-5-9-15)21(17)18-11-7-6-10-16(18)12-23/h3-11,14H,2,13H2,1H3,(H,26,27). The Morgan fingerprint density at radius 3 is 2.41 bits per heavy atom. The van der Waals surface area contributed by atoms with Crippen LogP contribution in [0.25, 0.3) is 11.3 Å². The first-order valence-electron chi connectivity index (χ1n) is 8.59. The van der Waals surface area contributed by atoms with Crippen molar-refractivity contribution in [3.63, 3.8) is 0 Å². The van der Waals surface area contributed by atoms with E-state index < -0.39 is 5.97 Å². The minimum Gasteiger partial charge on any atom is -0.478 e. The zero-order valence-electron chi connectivity index (χ0n) is 14.8. The molecule has 0 amide bonds. The minimum atomic E-state index is -1.14. The molecule has 134 valence electrons. The first kappa shape index (κ1) is 18.2. The summed E-state index contributed by atoms with van der Waals surface area (Å²) < 4.78 is 1.71. The van der Waals surface area contributed by atoms with Crippen molar-refractivity contribution in [1.82, 2.24) is 4.57 Å². The Morgan fingerprint density at radius 1 is 1.15 bits per heavy atom. The Labute approximate surface area is 157 Å². The molecule has 0 spiro atoms. The molecule has 27 heavy (non-hydrogen) atoms. The molecule has 0 bridgehead atoms. The topological polar surface area (TPSA) is 83.1 Å². The molecule has 0 aliphatic rings. The van der Waals surface area contributed by atoms with E-state index in [1.807, 2.05) is 37.3 Å². The number of nitrogens with zero attached hydrogens (tertiary/aromatic N) is 2. The molecule has 0 radical (unpaired) electrons. The third-order valence-electron chi connectivity index (χ3n) is 4.57. The summed E-state index contributed by atoms with van der Waals surface area (Å²) in [6.45, 7) is 2.19. The molecule has 0 aliphatic heterocycles. The number of carboxylic acids is 1. The molecule has 0 aliphatic carbocycles. The van der Waals surface area contributed by atoms with Gasteiger partial charge in [-0.15, -0.1) is 0 Å². The molecule has 0 unspecified atom stereocenters. The number of carboxylic acid groups (broad SMARTS) is 1. The third kappa shape index (κ3) is 3.25. The highest BCUT2D eigenvalue weighted by atomic mass is 16.4. The van der Waals surface area contributed by atoms with Gasteiger partial charge in [0.15, 0.2) is 6.29 Å². The summed E-state index contributed by atoms with van der Waals surface area (Å²) in [5.74, 6) is -1.14. The predicted molar refractivity (Wildman–Crippen MR) is 102 cm³/mol. The Kier molecular flexibility index (Phi) is 5.18. The maximum absolute atomic E-state index is 11.9. The van der Waals surface area contributed by atoms with Gasteiger partial charge in [0.25, 0.3) is 0 Å². The van der Waals surface area contributed by atoms with E-state index in [1.54, 1.807) is 28.8 Å². The molecule has 2 aromatic carbocycles. The molecule has 0 saturated heterocycles. The van der Waals surface area contributed by atoms with Crippen LogP contribution >= 0.6 is 0 Å². The van der Waals surface area contributed by atoms with Crippen molar-refractivity contribution < 1.29 is 14.7 Å². The lowest BCUT2D eigenvalue weighted by atomic mass is 9.98. The highest BCUT2D eigenvalue weighted by molar-refractivity contribution is 6.01. The van der Waals surface area contributed by atoms with Gasteiger partial charge in [-0.3, -0.25) is 4.79 Å². The fourth-order valence-corrected chi connectivity index (χ4v) is 3.42. The van der Waals surface area contributed by atoms with Crippen molar-refractivity contribution >= 4 is 12.3 Å². The number of aromatic nitrogens is 1. The van der Waals surface area contributed by atoms with E-state index >= 15 is 0 Å². The summed E-state index contributed by atoms with van der Waals surface area (Å²) in [6.07, 6.45) is 1.02. The first-order chi connectivity index (χ1) is 13.1. The lowest BCUT2D eigenvalue weighted by Gasteiger charge is -2.14. The fraction of sp³-hybridized carbons (Fsp3) is 0.136. The number of rotatable bonds is 6. The molecule has 5 nitrogen and oxygen atoms in total. The summed E-state index contributed by atoms with van der Waals surface area (Å²) >= 11 is 0. The van der Waals surface area contributed by atoms with E-state index in [4.69, 9.17) is 0 Å². The monoisotopic (exact) mass is 358 g/mol. The Hall–Kier alpha value is -3.65. The van der Waals surface area contributed by atoms with E-state index in [1.165, 1.54) is 0 Å². The third-order valence-corrected chi connectivity index (χ3v) is 4.57. The second-order valence-electron chi connectivity index (χ2n) is 6.09.